The molecule has 0 aliphatic heterocycles. The first-order chi connectivity index (χ1) is 6.68. The van der Waals surface area contributed by atoms with E-state index in [-0.39, 0.29) is 0 Å². The van der Waals surface area contributed by atoms with Crippen molar-refractivity contribution in [2.45, 2.75) is 20.3 Å². The van der Waals surface area contributed by atoms with Gasteiger partial charge >= 0.3 is 7.75 Å². The first-order valence-electron chi connectivity index (χ1n) is 4.81. The van der Waals surface area contributed by atoms with Crippen molar-refractivity contribution in [2.24, 2.45) is 0 Å². The highest BCUT2D eigenvalue weighted by atomic mass is 31.2. The predicted molar refractivity (Wildman–Crippen MR) is 55.4 cm³/mol. The van der Waals surface area contributed by atoms with Crippen LogP contribution in [-0.4, -0.2) is 33.5 Å². The molecule has 0 aliphatic carbocycles. The highest BCUT2D eigenvalue weighted by Crippen LogP contribution is 2.42. The minimum atomic E-state index is -3.07. The summed E-state index contributed by atoms with van der Waals surface area (Å²) in [5, 5.41) is 2.76. The summed E-state index contributed by atoms with van der Waals surface area (Å²) in [5.74, 6) is 0. The zero-order chi connectivity index (χ0) is 10.9. The fraction of sp³-hybridized carbons (Fsp3) is 1.00. The van der Waals surface area contributed by atoms with Crippen LogP contribution in [-0.2, 0) is 18.3 Å². The number of hydrogen-bond donors (Lipinski definition) is 1. The van der Waals surface area contributed by atoms with E-state index in [4.69, 9.17) is 13.8 Å². The molecule has 0 saturated carbocycles. The van der Waals surface area contributed by atoms with Gasteiger partial charge in [-0.15, -0.1) is 0 Å². The third-order valence-corrected chi connectivity index (χ3v) is 3.24. The van der Waals surface area contributed by atoms with Gasteiger partial charge in [0.2, 0.25) is 0 Å². The number of methoxy groups -OCH3 is 1. The van der Waals surface area contributed by atoms with Crippen LogP contribution in [0.5, 0.6) is 0 Å². The molecule has 14 heavy (non-hydrogen) atoms. The molecule has 1 N–H and O–H groups in total. The van der Waals surface area contributed by atoms with Crippen LogP contribution < -0.4 is 5.09 Å². The summed E-state index contributed by atoms with van der Waals surface area (Å²) in [4.78, 5) is 0. The number of rotatable bonds is 9. The smallest absolute Gasteiger partial charge is 0.385 e. The highest BCUT2D eigenvalue weighted by Gasteiger charge is 2.21. The lowest BCUT2D eigenvalue weighted by atomic mass is 10.5. The maximum Gasteiger partial charge on any atom is 0.405 e. The Bertz CT molecular complexity index is 167. The van der Waals surface area contributed by atoms with Crippen molar-refractivity contribution in [3.8, 4) is 0 Å². The van der Waals surface area contributed by atoms with Crippen molar-refractivity contribution in [3.05, 3.63) is 0 Å². The molecule has 0 aromatic rings. The summed E-state index contributed by atoms with van der Waals surface area (Å²) < 4.78 is 26.7. The predicted octanol–water partition coefficient (Wildman–Crippen LogP) is 1.79. The summed E-state index contributed by atoms with van der Waals surface area (Å²) >= 11 is 0. The molecule has 0 heterocycles. The Hall–Kier alpha value is 0.0700. The molecule has 0 rings (SSSR count). The summed E-state index contributed by atoms with van der Waals surface area (Å²) in [7, 11) is -1.44. The van der Waals surface area contributed by atoms with Gasteiger partial charge in [0.25, 0.3) is 0 Å². The Kier molecular flexibility index (Phi) is 8.43. The van der Waals surface area contributed by atoms with E-state index >= 15 is 0 Å². The SMILES string of the molecule is CCOP(=O)(NCCCOC)OCC. The Morgan fingerprint density at radius 2 is 1.79 bits per heavy atom. The maximum absolute atomic E-state index is 11.8. The Morgan fingerprint density at radius 1 is 1.21 bits per heavy atom. The van der Waals surface area contributed by atoms with Crippen molar-refractivity contribution in [1.82, 2.24) is 5.09 Å². The summed E-state index contributed by atoms with van der Waals surface area (Å²) in [6.45, 7) is 5.49. The third-order valence-electron chi connectivity index (χ3n) is 1.43. The van der Waals surface area contributed by atoms with Crippen LogP contribution in [0.15, 0.2) is 0 Å². The second kappa shape index (κ2) is 8.38. The largest absolute Gasteiger partial charge is 0.405 e. The van der Waals surface area contributed by atoms with Gasteiger partial charge in [-0.3, -0.25) is 9.05 Å². The normalized spacial score (nSPS) is 11.9. The van der Waals surface area contributed by atoms with Gasteiger partial charge in [0.15, 0.2) is 0 Å². The highest BCUT2D eigenvalue weighted by molar-refractivity contribution is 7.51. The van der Waals surface area contributed by atoms with E-state index in [0.29, 0.717) is 26.4 Å². The van der Waals surface area contributed by atoms with Gasteiger partial charge in [-0.1, -0.05) is 0 Å². The lowest BCUT2D eigenvalue weighted by Crippen LogP contribution is -2.17. The molecule has 0 saturated heterocycles. The van der Waals surface area contributed by atoms with Crippen molar-refractivity contribution in [2.75, 3.05) is 33.5 Å². The Balaban J connectivity index is 3.78. The molecular formula is C8H20NO4P. The minimum absolute atomic E-state index is 0.370. The molecule has 0 aromatic carbocycles. The van der Waals surface area contributed by atoms with Gasteiger partial charge in [-0.25, -0.2) is 9.65 Å². The standard InChI is InChI=1S/C8H20NO4P/c1-4-12-14(10,13-5-2)9-7-6-8-11-3/h4-8H2,1-3H3,(H,9,10). The van der Waals surface area contributed by atoms with Crippen molar-refractivity contribution < 1.29 is 18.3 Å². The average molecular weight is 225 g/mol. The molecule has 5 nitrogen and oxygen atoms in total. The fourth-order valence-corrected chi connectivity index (χ4v) is 2.27. The van der Waals surface area contributed by atoms with Gasteiger partial charge in [-0.05, 0) is 20.3 Å². The van der Waals surface area contributed by atoms with Gasteiger partial charge < -0.3 is 4.74 Å². The van der Waals surface area contributed by atoms with Crippen LogP contribution in [0, 0.1) is 0 Å². The molecular weight excluding hydrogens is 205 g/mol. The van der Waals surface area contributed by atoms with Crippen molar-refractivity contribution >= 4 is 7.75 Å². The molecule has 0 radical (unpaired) electrons. The van der Waals surface area contributed by atoms with E-state index in [1.807, 2.05) is 0 Å². The molecule has 0 atom stereocenters. The number of ether oxygens (including phenoxy) is 1. The van der Waals surface area contributed by atoms with Crippen LogP contribution >= 0.6 is 7.75 Å². The summed E-state index contributed by atoms with van der Waals surface area (Å²) in [6, 6.07) is 0. The lowest BCUT2D eigenvalue weighted by Gasteiger charge is -2.17. The van der Waals surface area contributed by atoms with E-state index in [2.05, 4.69) is 5.09 Å². The number of nitrogens with one attached hydrogen (secondary N) is 1. The zero-order valence-corrected chi connectivity index (χ0v) is 10.0. The molecule has 6 heteroatoms. The van der Waals surface area contributed by atoms with Crippen LogP contribution in [0.2, 0.25) is 0 Å². The average Bonchev–Trinajstić information content (AvgIpc) is 2.13. The zero-order valence-electron chi connectivity index (χ0n) is 9.12. The number of hydrogen-bond acceptors (Lipinski definition) is 4. The maximum atomic E-state index is 11.8. The van der Waals surface area contributed by atoms with Crippen LogP contribution in [0.4, 0.5) is 0 Å². The Labute approximate surface area is 85.7 Å². The molecule has 0 aromatic heterocycles. The first kappa shape index (κ1) is 14.1. The summed E-state index contributed by atoms with van der Waals surface area (Å²) in [6.07, 6.45) is 0.778. The van der Waals surface area contributed by atoms with Crippen molar-refractivity contribution in [3.63, 3.8) is 0 Å². The molecule has 0 amide bonds. The molecule has 0 fully saturated rings. The third kappa shape index (κ3) is 6.51. The molecule has 0 aliphatic rings. The fourth-order valence-electron chi connectivity index (χ4n) is 0.901. The molecule has 0 unspecified atom stereocenters. The molecule has 0 spiro atoms. The van der Waals surface area contributed by atoms with E-state index in [9.17, 15) is 4.57 Å². The second-order valence-corrected chi connectivity index (χ2v) is 4.42. The van der Waals surface area contributed by atoms with Gasteiger partial charge in [0.05, 0.1) is 13.2 Å². The summed E-state index contributed by atoms with van der Waals surface area (Å²) in [5.41, 5.74) is 0. The quantitative estimate of drug-likeness (QED) is 0.479. The van der Waals surface area contributed by atoms with Crippen LogP contribution in [0.1, 0.15) is 20.3 Å². The second-order valence-electron chi connectivity index (χ2n) is 2.59. The van der Waals surface area contributed by atoms with Crippen LogP contribution in [0.25, 0.3) is 0 Å². The minimum Gasteiger partial charge on any atom is -0.385 e. The van der Waals surface area contributed by atoms with E-state index in [1.165, 1.54) is 0 Å². The lowest BCUT2D eigenvalue weighted by molar-refractivity contribution is 0.189. The van der Waals surface area contributed by atoms with E-state index in [1.54, 1.807) is 21.0 Å². The van der Waals surface area contributed by atoms with Crippen molar-refractivity contribution in [1.29, 1.82) is 0 Å². The monoisotopic (exact) mass is 225 g/mol. The Morgan fingerprint density at radius 3 is 2.21 bits per heavy atom. The van der Waals surface area contributed by atoms with Gasteiger partial charge in [0, 0.05) is 20.3 Å². The van der Waals surface area contributed by atoms with E-state index in [0.717, 1.165) is 6.42 Å². The van der Waals surface area contributed by atoms with E-state index < -0.39 is 7.75 Å². The van der Waals surface area contributed by atoms with Gasteiger partial charge in [-0.2, -0.15) is 0 Å². The molecule has 0 bridgehead atoms. The topological polar surface area (TPSA) is 56.8 Å². The molecule has 86 valence electrons. The van der Waals surface area contributed by atoms with Crippen LogP contribution in [0.3, 0.4) is 0 Å². The first-order valence-corrected chi connectivity index (χ1v) is 6.36. The van der Waals surface area contributed by atoms with Gasteiger partial charge in [0.1, 0.15) is 0 Å².